The van der Waals surface area contributed by atoms with Crippen LogP contribution in [0.3, 0.4) is 0 Å². The summed E-state index contributed by atoms with van der Waals surface area (Å²) in [6.45, 7) is 4.12. The fraction of sp³-hybridized carbons (Fsp3) is 0.278. The van der Waals surface area contributed by atoms with Gasteiger partial charge in [0, 0.05) is 23.0 Å². The first-order valence-corrected chi connectivity index (χ1v) is 9.07. The zero-order valence-electron chi connectivity index (χ0n) is 14.7. The average Bonchev–Trinajstić information content (AvgIpc) is 3.10. The minimum absolute atomic E-state index is 0.0658. The molecule has 1 heterocycles. The zero-order chi connectivity index (χ0) is 18.9. The number of amides is 4. The lowest BCUT2D eigenvalue weighted by Crippen LogP contribution is -2.42. The van der Waals surface area contributed by atoms with E-state index in [0.717, 1.165) is 10.4 Å². The van der Waals surface area contributed by atoms with Crippen LogP contribution < -0.4 is 21.5 Å². The zero-order valence-corrected chi connectivity index (χ0v) is 15.5. The molecule has 0 aliphatic rings. The van der Waals surface area contributed by atoms with Crippen molar-refractivity contribution in [2.45, 2.75) is 32.9 Å². The molecule has 138 valence electrons. The van der Waals surface area contributed by atoms with Gasteiger partial charge < -0.3 is 10.6 Å². The third-order valence-electron chi connectivity index (χ3n) is 3.32. The summed E-state index contributed by atoms with van der Waals surface area (Å²) in [5, 5.41) is 7.36. The Kier molecular flexibility index (Phi) is 7.16. The Labute approximate surface area is 156 Å². The maximum Gasteiger partial charge on any atom is 0.315 e. The van der Waals surface area contributed by atoms with Crippen molar-refractivity contribution in [3.8, 4) is 0 Å². The van der Waals surface area contributed by atoms with E-state index in [1.807, 2.05) is 31.4 Å². The van der Waals surface area contributed by atoms with Crippen molar-refractivity contribution < 1.29 is 14.4 Å². The van der Waals surface area contributed by atoms with Crippen LogP contribution in [-0.4, -0.2) is 23.9 Å². The van der Waals surface area contributed by atoms with E-state index in [9.17, 15) is 14.4 Å². The lowest BCUT2D eigenvalue weighted by molar-refractivity contribution is -0.121. The number of benzene rings is 1. The van der Waals surface area contributed by atoms with Crippen LogP contribution in [0.5, 0.6) is 0 Å². The Morgan fingerprint density at radius 3 is 2.38 bits per heavy atom. The Balaban J connectivity index is 1.77. The van der Waals surface area contributed by atoms with Gasteiger partial charge >= 0.3 is 6.03 Å². The predicted molar refractivity (Wildman–Crippen MR) is 101 cm³/mol. The van der Waals surface area contributed by atoms with Gasteiger partial charge in [-0.25, -0.2) is 4.79 Å². The van der Waals surface area contributed by atoms with Crippen LogP contribution in [0, 0.1) is 0 Å². The first kappa shape index (κ1) is 19.5. The highest BCUT2D eigenvalue weighted by atomic mass is 32.1. The topological polar surface area (TPSA) is 99.3 Å². The molecule has 0 bridgehead atoms. The number of hydrogen-bond acceptors (Lipinski definition) is 4. The minimum Gasteiger partial charge on any atom is -0.336 e. The van der Waals surface area contributed by atoms with Crippen LogP contribution in [-0.2, 0) is 17.8 Å². The number of carbonyl (C=O) groups is 3. The van der Waals surface area contributed by atoms with E-state index in [4.69, 9.17) is 0 Å². The summed E-state index contributed by atoms with van der Waals surface area (Å²) in [6.07, 6.45) is 0.223. The van der Waals surface area contributed by atoms with E-state index in [-0.39, 0.29) is 24.4 Å². The van der Waals surface area contributed by atoms with Crippen molar-refractivity contribution in [1.29, 1.82) is 0 Å². The first-order valence-electron chi connectivity index (χ1n) is 8.19. The van der Waals surface area contributed by atoms with Crippen LogP contribution in [0.15, 0.2) is 41.8 Å². The van der Waals surface area contributed by atoms with Crippen molar-refractivity contribution in [3.63, 3.8) is 0 Å². The molecule has 26 heavy (non-hydrogen) atoms. The molecule has 8 heteroatoms. The molecular weight excluding hydrogens is 352 g/mol. The highest BCUT2D eigenvalue weighted by molar-refractivity contribution is 7.10. The summed E-state index contributed by atoms with van der Waals surface area (Å²) in [4.78, 5) is 36.3. The summed E-state index contributed by atoms with van der Waals surface area (Å²) in [5.74, 6) is -0.681. The van der Waals surface area contributed by atoms with Gasteiger partial charge in [0.1, 0.15) is 0 Å². The molecule has 1 aromatic heterocycles. The van der Waals surface area contributed by atoms with E-state index < -0.39 is 5.91 Å². The lowest BCUT2D eigenvalue weighted by atomic mass is 10.1. The third-order valence-corrected chi connectivity index (χ3v) is 4.20. The van der Waals surface area contributed by atoms with Crippen LogP contribution >= 0.6 is 11.3 Å². The van der Waals surface area contributed by atoms with E-state index in [2.05, 4.69) is 21.5 Å². The van der Waals surface area contributed by atoms with Gasteiger partial charge in [-0.05, 0) is 43.0 Å². The molecule has 0 aliphatic heterocycles. The second-order valence-corrected chi connectivity index (χ2v) is 6.97. The second-order valence-electron chi connectivity index (χ2n) is 5.94. The average molecular weight is 374 g/mol. The van der Waals surface area contributed by atoms with E-state index >= 15 is 0 Å². The van der Waals surface area contributed by atoms with Crippen LogP contribution in [0.2, 0.25) is 0 Å². The van der Waals surface area contributed by atoms with Gasteiger partial charge in [-0.15, -0.1) is 11.3 Å². The fourth-order valence-electron chi connectivity index (χ4n) is 2.08. The molecule has 1 aromatic carbocycles. The molecule has 0 spiro atoms. The Morgan fingerprint density at radius 1 is 1.04 bits per heavy atom. The molecule has 0 saturated carbocycles. The molecular formula is C18H22N4O3S. The number of nitrogens with one attached hydrogen (secondary N) is 4. The molecule has 4 N–H and O–H groups in total. The summed E-state index contributed by atoms with van der Waals surface area (Å²) in [5.41, 5.74) is 6.06. The maximum atomic E-state index is 12.0. The largest absolute Gasteiger partial charge is 0.336 e. The number of carbonyl (C=O) groups excluding carboxylic acids is 3. The number of urea groups is 1. The quantitative estimate of drug-likeness (QED) is 0.582. The minimum atomic E-state index is -0.401. The molecule has 4 amide bonds. The van der Waals surface area contributed by atoms with Crippen LogP contribution in [0.25, 0.3) is 0 Å². The molecule has 0 unspecified atom stereocenters. The Morgan fingerprint density at radius 2 is 1.77 bits per heavy atom. The SMILES string of the molecule is CC(C)NC(=O)NCc1ccc(C(=O)NNC(=O)Cc2cccs2)cc1. The molecule has 0 fully saturated rings. The highest BCUT2D eigenvalue weighted by Crippen LogP contribution is 2.08. The van der Waals surface area contributed by atoms with Gasteiger partial charge in [0.15, 0.2) is 0 Å². The standard InChI is InChI=1S/C18H22N4O3S/c1-12(2)20-18(25)19-11-13-5-7-14(8-6-13)17(24)22-21-16(23)10-15-4-3-9-26-15/h3-9,12H,10-11H2,1-2H3,(H,21,23)(H,22,24)(H2,19,20,25). The third kappa shape index (κ3) is 6.56. The first-order chi connectivity index (χ1) is 12.4. The molecule has 0 radical (unpaired) electrons. The van der Waals surface area contributed by atoms with Gasteiger partial charge in [-0.3, -0.25) is 20.4 Å². The summed E-state index contributed by atoms with van der Waals surface area (Å²) < 4.78 is 0. The van der Waals surface area contributed by atoms with Crippen molar-refractivity contribution >= 4 is 29.2 Å². The normalized spacial score (nSPS) is 10.3. The van der Waals surface area contributed by atoms with Crippen LogP contribution in [0.1, 0.15) is 34.6 Å². The monoisotopic (exact) mass is 374 g/mol. The number of thiophene rings is 1. The number of hydrogen-bond donors (Lipinski definition) is 4. The van der Waals surface area contributed by atoms with E-state index in [1.54, 1.807) is 24.3 Å². The summed E-state index contributed by atoms with van der Waals surface area (Å²) in [6, 6.07) is 10.3. The Hall–Kier alpha value is -2.87. The number of hydrazine groups is 1. The molecule has 0 aliphatic carbocycles. The maximum absolute atomic E-state index is 12.0. The second kappa shape index (κ2) is 9.57. The lowest BCUT2D eigenvalue weighted by Gasteiger charge is -2.10. The summed E-state index contributed by atoms with van der Waals surface area (Å²) in [7, 11) is 0. The van der Waals surface area contributed by atoms with Gasteiger partial charge in [0.2, 0.25) is 5.91 Å². The smallest absolute Gasteiger partial charge is 0.315 e. The van der Waals surface area contributed by atoms with E-state index in [1.165, 1.54) is 11.3 Å². The van der Waals surface area contributed by atoms with E-state index in [0.29, 0.717) is 12.1 Å². The molecule has 2 rings (SSSR count). The fourth-order valence-corrected chi connectivity index (χ4v) is 2.79. The molecule has 0 atom stereocenters. The molecule has 0 saturated heterocycles. The van der Waals surface area contributed by atoms with Crippen LogP contribution in [0.4, 0.5) is 4.79 Å². The van der Waals surface area contributed by atoms with Gasteiger partial charge in [-0.1, -0.05) is 18.2 Å². The van der Waals surface area contributed by atoms with Gasteiger partial charge in [-0.2, -0.15) is 0 Å². The van der Waals surface area contributed by atoms with Crippen molar-refractivity contribution in [2.24, 2.45) is 0 Å². The van der Waals surface area contributed by atoms with Gasteiger partial charge in [0.25, 0.3) is 5.91 Å². The Bertz CT molecular complexity index is 742. The van der Waals surface area contributed by atoms with Gasteiger partial charge in [0.05, 0.1) is 6.42 Å². The number of rotatable bonds is 6. The van der Waals surface area contributed by atoms with Crippen molar-refractivity contribution in [1.82, 2.24) is 21.5 Å². The molecule has 7 nitrogen and oxygen atoms in total. The van der Waals surface area contributed by atoms with Crippen molar-refractivity contribution in [2.75, 3.05) is 0 Å². The highest BCUT2D eigenvalue weighted by Gasteiger charge is 2.09. The summed E-state index contributed by atoms with van der Waals surface area (Å²) >= 11 is 1.49. The predicted octanol–water partition coefficient (Wildman–Crippen LogP) is 1.96. The molecule has 2 aromatic rings. The van der Waals surface area contributed by atoms with Crippen molar-refractivity contribution in [3.05, 3.63) is 57.8 Å².